The maximum absolute atomic E-state index is 13.4. The Morgan fingerprint density at radius 2 is 1.80 bits per heavy atom. The SMILES string of the molecule is CCNCc1cc(F)ccc1Oc1ccc(C)cc1C. The van der Waals surface area contributed by atoms with E-state index in [9.17, 15) is 4.39 Å². The van der Waals surface area contributed by atoms with Crippen molar-refractivity contribution in [1.29, 1.82) is 0 Å². The fourth-order valence-electron chi connectivity index (χ4n) is 2.08. The Labute approximate surface area is 119 Å². The van der Waals surface area contributed by atoms with Gasteiger partial charge in [-0.1, -0.05) is 24.6 Å². The number of nitrogens with one attached hydrogen (secondary N) is 1. The molecule has 0 unspecified atom stereocenters. The van der Waals surface area contributed by atoms with Crippen molar-refractivity contribution in [3.05, 3.63) is 58.9 Å². The van der Waals surface area contributed by atoms with E-state index < -0.39 is 0 Å². The van der Waals surface area contributed by atoms with Crippen LogP contribution in [0.2, 0.25) is 0 Å². The van der Waals surface area contributed by atoms with E-state index in [2.05, 4.69) is 11.4 Å². The summed E-state index contributed by atoms with van der Waals surface area (Å²) in [7, 11) is 0. The molecule has 0 fully saturated rings. The smallest absolute Gasteiger partial charge is 0.132 e. The molecule has 2 rings (SSSR count). The first-order valence-electron chi connectivity index (χ1n) is 6.84. The van der Waals surface area contributed by atoms with Gasteiger partial charge in [-0.25, -0.2) is 4.39 Å². The van der Waals surface area contributed by atoms with Crippen LogP contribution >= 0.6 is 0 Å². The molecule has 0 amide bonds. The van der Waals surface area contributed by atoms with E-state index >= 15 is 0 Å². The molecule has 0 heterocycles. The minimum absolute atomic E-state index is 0.245. The van der Waals surface area contributed by atoms with Gasteiger partial charge in [0.25, 0.3) is 0 Å². The first-order valence-corrected chi connectivity index (χ1v) is 6.84. The summed E-state index contributed by atoms with van der Waals surface area (Å²) in [6, 6.07) is 10.7. The molecule has 3 heteroatoms. The fourth-order valence-corrected chi connectivity index (χ4v) is 2.08. The van der Waals surface area contributed by atoms with Crippen LogP contribution in [0.5, 0.6) is 11.5 Å². The Bertz CT molecular complexity index is 596. The molecule has 2 aromatic carbocycles. The van der Waals surface area contributed by atoms with Gasteiger partial charge in [0.05, 0.1) is 0 Å². The molecule has 2 aromatic rings. The second-order valence-corrected chi connectivity index (χ2v) is 4.90. The predicted molar refractivity (Wildman–Crippen MR) is 79.8 cm³/mol. The molecular weight excluding hydrogens is 253 g/mol. The van der Waals surface area contributed by atoms with Crippen molar-refractivity contribution in [2.75, 3.05) is 6.54 Å². The van der Waals surface area contributed by atoms with Crippen LogP contribution in [0, 0.1) is 19.7 Å². The molecule has 0 atom stereocenters. The van der Waals surface area contributed by atoms with Gasteiger partial charge in [-0.15, -0.1) is 0 Å². The average molecular weight is 273 g/mol. The highest BCUT2D eigenvalue weighted by molar-refractivity contribution is 5.42. The maximum atomic E-state index is 13.4. The van der Waals surface area contributed by atoms with E-state index in [0.29, 0.717) is 12.3 Å². The third kappa shape index (κ3) is 3.58. The zero-order chi connectivity index (χ0) is 14.5. The monoisotopic (exact) mass is 273 g/mol. The van der Waals surface area contributed by atoms with Gasteiger partial charge < -0.3 is 10.1 Å². The molecule has 0 radical (unpaired) electrons. The quantitative estimate of drug-likeness (QED) is 0.874. The Morgan fingerprint density at radius 1 is 1.05 bits per heavy atom. The highest BCUT2D eigenvalue weighted by Crippen LogP contribution is 2.29. The molecule has 0 bridgehead atoms. The van der Waals surface area contributed by atoms with Crippen LogP contribution in [0.15, 0.2) is 36.4 Å². The van der Waals surface area contributed by atoms with Gasteiger partial charge in [-0.3, -0.25) is 0 Å². The first-order chi connectivity index (χ1) is 9.60. The van der Waals surface area contributed by atoms with Crippen LogP contribution in [0.25, 0.3) is 0 Å². The number of halogens is 1. The molecule has 20 heavy (non-hydrogen) atoms. The number of benzene rings is 2. The Morgan fingerprint density at radius 3 is 2.50 bits per heavy atom. The molecule has 2 nitrogen and oxygen atoms in total. The van der Waals surface area contributed by atoms with Crippen molar-refractivity contribution in [2.24, 2.45) is 0 Å². The lowest BCUT2D eigenvalue weighted by molar-refractivity contribution is 0.467. The van der Waals surface area contributed by atoms with Crippen LogP contribution in [0.1, 0.15) is 23.6 Å². The molecular formula is C17H20FNO. The summed E-state index contributed by atoms with van der Waals surface area (Å²) in [6.45, 7) is 7.50. The number of hydrogen-bond acceptors (Lipinski definition) is 2. The molecule has 0 aliphatic carbocycles. The van der Waals surface area contributed by atoms with E-state index in [1.807, 2.05) is 32.9 Å². The molecule has 0 saturated heterocycles. The summed E-state index contributed by atoms with van der Waals surface area (Å²) >= 11 is 0. The standard InChI is InChI=1S/C17H20FNO/c1-4-19-11-14-10-15(18)6-8-17(14)20-16-7-5-12(2)9-13(16)3/h5-10,19H,4,11H2,1-3H3. The van der Waals surface area contributed by atoms with Gasteiger partial charge in [0.2, 0.25) is 0 Å². The van der Waals surface area contributed by atoms with Crippen LogP contribution in [-0.4, -0.2) is 6.54 Å². The molecule has 0 aromatic heterocycles. The van der Waals surface area contributed by atoms with Gasteiger partial charge in [-0.05, 0) is 50.2 Å². The van der Waals surface area contributed by atoms with Gasteiger partial charge in [0, 0.05) is 12.1 Å². The number of hydrogen-bond donors (Lipinski definition) is 1. The average Bonchev–Trinajstić information content (AvgIpc) is 2.41. The van der Waals surface area contributed by atoms with Crippen LogP contribution < -0.4 is 10.1 Å². The number of rotatable bonds is 5. The van der Waals surface area contributed by atoms with Crippen LogP contribution in [-0.2, 0) is 6.54 Å². The summed E-state index contributed by atoms with van der Waals surface area (Å²) < 4.78 is 19.3. The Balaban J connectivity index is 2.27. The number of ether oxygens (including phenoxy) is 1. The Hall–Kier alpha value is -1.87. The lowest BCUT2D eigenvalue weighted by Gasteiger charge is -2.13. The molecule has 0 aliphatic rings. The number of aryl methyl sites for hydroxylation is 2. The summed E-state index contributed by atoms with van der Waals surface area (Å²) in [5.74, 6) is 1.25. The zero-order valence-corrected chi connectivity index (χ0v) is 12.2. The minimum Gasteiger partial charge on any atom is -0.457 e. The topological polar surface area (TPSA) is 21.3 Å². The summed E-state index contributed by atoms with van der Waals surface area (Å²) in [6.07, 6.45) is 0. The van der Waals surface area contributed by atoms with Crippen molar-refractivity contribution in [1.82, 2.24) is 5.32 Å². The van der Waals surface area contributed by atoms with E-state index in [-0.39, 0.29) is 5.82 Å². The lowest BCUT2D eigenvalue weighted by atomic mass is 10.1. The summed E-state index contributed by atoms with van der Waals surface area (Å²) in [5.41, 5.74) is 3.09. The van der Waals surface area contributed by atoms with Gasteiger partial charge >= 0.3 is 0 Å². The van der Waals surface area contributed by atoms with Crippen molar-refractivity contribution >= 4 is 0 Å². The highest BCUT2D eigenvalue weighted by atomic mass is 19.1. The Kier molecular flexibility index (Phi) is 4.74. The van der Waals surface area contributed by atoms with E-state index in [1.54, 1.807) is 6.07 Å². The van der Waals surface area contributed by atoms with E-state index in [1.165, 1.54) is 17.7 Å². The third-order valence-electron chi connectivity index (χ3n) is 3.14. The predicted octanol–water partition coefficient (Wildman–Crippen LogP) is 4.34. The highest BCUT2D eigenvalue weighted by Gasteiger charge is 2.08. The van der Waals surface area contributed by atoms with Crippen LogP contribution in [0.3, 0.4) is 0 Å². The first kappa shape index (κ1) is 14.5. The molecule has 0 aliphatic heterocycles. The van der Waals surface area contributed by atoms with Crippen molar-refractivity contribution in [3.8, 4) is 11.5 Å². The largest absolute Gasteiger partial charge is 0.457 e. The van der Waals surface area contributed by atoms with E-state index in [4.69, 9.17) is 4.74 Å². The zero-order valence-electron chi connectivity index (χ0n) is 12.2. The molecule has 0 spiro atoms. The fraction of sp³-hybridized carbons (Fsp3) is 0.294. The van der Waals surface area contributed by atoms with Crippen molar-refractivity contribution in [2.45, 2.75) is 27.3 Å². The van der Waals surface area contributed by atoms with Gasteiger partial charge in [0.15, 0.2) is 0 Å². The summed E-state index contributed by atoms with van der Waals surface area (Å²) in [4.78, 5) is 0. The molecule has 1 N–H and O–H groups in total. The van der Waals surface area contributed by atoms with Gasteiger partial charge in [-0.2, -0.15) is 0 Å². The van der Waals surface area contributed by atoms with Crippen molar-refractivity contribution in [3.63, 3.8) is 0 Å². The molecule has 106 valence electrons. The normalized spacial score (nSPS) is 10.6. The summed E-state index contributed by atoms with van der Waals surface area (Å²) in [5, 5.41) is 3.20. The van der Waals surface area contributed by atoms with Gasteiger partial charge in [0.1, 0.15) is 17.3 Å². The lowest BCUT2D eigenvalue weighted by Crippen LogP contribution is -2.12. The van der Waals surface area contributed by atoms with Crippen LogP contribution in [0.4, 0.5) is 4.39 Å². The van der Waals surface area contributed by atoms with E-state index in [0.717, 1.165) is 23.4 Å². The third-order valence-corrected chi connectivity index (χ3v) is 3.14. The molecule has 0 saturated carbocycles. The second-order valence-electron chi connectivity index (χ2n) is 4.90. The maximum Gasteiger partial charge on any atom is 0.132 e. The second kappa shape index (κ2) is 6.53. The minimum atomic E-state index is -0.245. The van der Waals surface area contributed by atoms with Crippen molar-refractivity contribution < 1.29 is 9.13 Å².